The Balaban J connectivity index is 2.02. The molecule has 0 saturated carbocycles. The van der Waals surface area contributed by atoms with Crippen molar-refractivity contribution in [2.24, 2.45) is 0 Å². The highest BCUT2D eigenvalue weighted by Gasteiger charge is 2.31. The molecule has 0 radical (unpaired) electrons. The molecule has 0 spiro atoms. The van der Waals surface area contributed by atoms with E-state index in [9.17, 15) is 18.3 Å². The van der Waals surface area contributed by atoms with Crippen molar-refractivity contribution in [2.45, 2.75) is 18.9 Å². The zero-order valence-corrected chi connectivity index (χ0v) is 10.3. The predicted octanol–water partition coefficient (Wildman–Crippen LogP) is 3.26. The summed E-state index contributed by atoms with van der Waals surface area (Å²) in [5.41, 5.74) is 1.36. The average molecular weight is 283 g/mol. The molecule has 0 bridgehead atoms. The van der Waals surface area contributed by atoms with Gasteiger partial charge in [-0.2, -0.15) is 0 Å². The number of hydrogen-bond acceptors (Lipinski definition) is 3. The summed E-state index contributed by atoms with van der Waals surface area (Å²) in [6.45, 7) is 0. The second-order valence-electron chi connectivity index (χ2n) is 4.20. The lowest BCUT2D eigenvalue weighted by Gasteiger charge is -2.13. The van der Waals surface area contributed by atoms with Gasteiger partial charge < -0.3 is 9.84 Å². The Labute approximate surface area is 113 Å². The van der Waals surface area contributed by atoms with Crippen molar-refractivity contribution in [3.05, 3.63) is 59.9 Å². The van der Waals surface area contributed by atoms with Crippen molar-refractivity contribution in [3.8, 4) is 5.75 Å². The van der Waals surface area contributed by atoms with E-state index >= 15 is 0 Å². The molecule has 0 fully saturated rings. The van der Waals surface area contributed by atoms with Crippen LogP contribution in [-0.2, 0) is 6.42 Å². The van der Waals surface area contributed by atoms with Crippen LogP contribution < -0.4 is 4.74 Å². The highest BCUT2D eigenvalue weighted by atomic mass is 19.4. The van der Waals surface area contributed by atoms with Crippen LogP contribution in [0.25, 0.3) is 0 Å². The van der Waals surface area contributed by atoms with Crippen LogP contribution in [0.5, 0.6) is 5.75 Å². The smallest absolute Gasteiger partial charge is 0.406 e. The van der Waals surface area contributed by atoms with Gasteiger partial charge >= 0.3 is 6.36 Å². The fourth-order valence-electron chi connectivity index (χ4n) is 1.75. The summed E-state index contributed by atoms with van der Waals surface area (Å²) in [7, 11) is 0. The molecular weight excluding hydrogens is 271 g/mol. The molecule has 3 nitrogen and oxygen atoms in total. The van der Waals surface area contributed by atoms with Crippen LogP contribution in [0.4, 0.5) is 13.2 Å². The number of nitrogens with zero attached hydrogens (tertiary/aromatic N) is 1. The minimum absolute atomic E-state index is 0.310. The van der Waals surface area contributed by atoms with Gasteiger partial charge in [-0.15, -0.1) is 13.2 Å². The molecular formula is C14H12F3NO2. The Morgan fingerprint density at radius 1 is 1.15 bits per heavy atom. The van der Waals surface area contributed by atoms with Gasteiger partial charge in [-0.25, -0.2) is 0 Å². The average Bonchev–Trinajstić information content (AvgIpc) is 2.39. The van der Waals surface area contributed by atoms with Gasteiger partial charge in [-0.1, -0.05) is 18.2 Å². The minimum Gasteiger partial charge on any atom is -0.406 e. The number of aliphatic hydroxyl groups excluding tert-OH is 1. The second-order valence-corrected chi connectivity index (χ2v) is 4.20. The van der Waals surface area contributed by atoms with E-state index in [-0.39, 0.29) is 5.75 Å². The summed E-state index contributed by atoms with van der Waals surface area (Å²) < 4.78 is 39.8. The number of halogens is 3. The van der Waals surface area contributed by atoms with Gasteiger partial charge in [-0.3, -0.25) is 4.98 Å². The summed E-state index contributed by atoms with van der Waals surface area (Å²) in [6.07, 6.45) is -1.92. The minimum atomic E-state index is -4.71. The highest BCUT2D eigenvalue weighted by Crippen LogP contribution is 2.25. The van der Waals surface area contributed by atoms with Crippen molar-refractivity contribution in [2.75, 3.05) is 0 Å². The maximum absolute atomic E-state index is 12.0. The molecule has 0 aliphatic rings. The van der Waals surface area contributed by atoms with Crippen LogP contribution in [0.15, 0.2) is 48.8 Å². The molecule has 1 N–H and O–H groups in total. The van der Waals surface area contributed by atoms with Gasteiger partial charge in [0.05, 0.1) is 6.10 Å². The van der Waals surface area contributed by atoms with Gasteiger partial charge in [0.25, 0.3) is 0 Å². The summed E-state index contributed by atoms with van der Waals surface area (Å²) in [4.78, 5) is 3.93. The van der Waals surface area contributed by atoms with E-state index in [1.165, 1.54) is 24.3 Å². The van der Waals surface area contributed by atoms with Gasteiger partial charge in [-0.05, 0) is 29.3 Å². The molecule has 1 heterocycles. The van der Waals surface area contributed by atoms with Crippen LogP contribution in [-0.4, -0.2) is 16.5 Å². The molecule has 1 aromatic carbocycles. The molecule has 106 valence electrons. The van der Waals surface area contributed by atoms with Crippen LogP contribution in [0, 0.1) is 0 Å². The van der Waals surface area contributed by atoms with E-state index < -0.39 is 12.5 Å². The molecule has 0 saturated heterocycles. The van der Waals surface area contributed by atoms with Crippen molar-refractivity contribution in [1.29, 1.82) is 0 Å². The predicted molar refractivity (Wildman–Crippen MR) is 66.0 cm³/mol. The summed E-state index contributed by atoms with van der Waals surface area (Å²) in [5, 5.41) is 10.0. The van der Waals surface area contributed by atoms with Crippen LogP contribution in [0.3, 0.4) is 0 Å². The van der Waals surface area contributed by atoms with Crippen molar-refractivity contribution in [1.82, 2.24) is 4.98 Å². The fourth-order valence-corrected chi connectivity index (χ4v) is 1.75. The molecule has 20 heavy (non-hydrogen) atoms. The van der Waals surface area contributed by atoms with Crippen LogP contribution >= 0.6 is 0 Å². The van der Waals surface area contributed by atoms with E-state index in [1.54, 1.807) is 18.5 Å². The van der Waals surface area contributed by atoms with Crippen LogP contribution in [0.1, 0.15) is 17.2 Å². The number of aliphatic hydroxyl groups is 1. The fraction of sp³-hybridized carbons (Fsp3) is 0.214. The molecule has 2 aromatic rings. The number of ether oxygens (including phenoxy) is 1. The standard InChI is InChI=1S/C14H12F3NO2/c15-14(16,17)20-12-5-3-11(4-6-12)13(19)8-10-2-1-7-18-9-10/h1-7,9,13,19H,8H2. The monoisotopic (exact) mass is 283 g/mol. The molecule has 0 aliphatic heterocycles. The summed E-state index contributed by atoms with van der Waals surface area (Å²) in [6, 6.07) is 8.73. The normalized spacial score (nSPS) is 13.0. The summed E-state index contributed by atoms with van der Waals surface area (Å²) >= 11 is 0. The highest BCUT2D eigenvalue weighted by molar-refractivity contribution is 5.29. The molecule has 1 unspecified atom stereocenters. The first-order chi connectivity index (χ1) is 9.44. The first kappa shape index (κ1) is 14.3. The van der Waals surface area contributed by atoms with E-state index in [0.29, 0.717) is 12.0 Å². The maximum atomic E-state index is 12.0. The topological polar surface area (TPSA) is 42.4 Å². The van der Waals surface area contributed by atoms with Crippen LogP contribution in [0.2, 0.25) is 0 Å². The molecule has 0 aliphatic carbocycles. The molecule has 0 amide bonds. The first-order valence-electron chi connectivity index (χ1n) is 5.87. The van der Waals surface area contributed by atoms with Crippen molar-refractivity contribution in [3.63, 3.8) is 0 Å². The van der Waals surface area contributed by atoms with E-state index in [4.69, 9.17) is 0 Å². The molecule has 2 rings (SSSR count). The summed E-state index contributed by atoms with van der Waals surface area (Å²) in [5.74, 6) is -0.310. The van der Waals surface area contributed by atoms with E-state index in [2.05, 4.69) is 9.72 Å². The maximum Gasteiger partial charge on any atom is 0.573 e. The quantitative estimate of drug-likeness (QED) is 0.936. The number of aromatic nitrogens is 1. The molecule has 1 aromatic heterocycles. The van der Waals surface area contributed by atoms with Gasteiger partial charge in [0.2, 0.25) is 0 Å². The Kier molecular flexibility index (Phi) is 4.24. The third-order valence-electron chi connectivity index (χ3n) is 2.65. The van der Waals surface area contributed by atoms with E-state index in [1.807, 2.05) is 6.07 Å². The number of benzene rings is 1. The Bertz CT molecular complexity index is 541. The second kappa shape index (κ2) is 5.92. The SMILES string of the molecule is OC(Cc1cccnc1)c1ccc(OC(F)(F)F)cc1. The largest absolute Gasteiger partial charge is 0.573 e. The van der Waals surface area contributed by atoms with Crippen molar-refractivity contribution >= 4 is 0 Å². The van der Waals surface area contributed by atoms with E-state index in [0.717, 1.165) is 5.56 Å². The first-order valence-corrected chi connectivity index (χ1v) is 5.87. The number of rotatable bonds is 4. The number of hydrogen-bond donors (Lipinski definition) is 1. The lowest BCUT2D eigenvalue weighted by atomic mass is 10.0. The lowest BCUT2D eigenvalue weighted by molar-refractivity contribution is -0.274. The zero-order chi connectivity index (χ0) is 14.6. The third-order valence-corrected chi connectivity index (χ3v) is 2.65. The zero-order valence-electron chi connectivity index (χ0n) is 10.3. The van der Waals surface area contributed by atoms with Gasteiger partial charge in [0.1, 0.15) is 5.75 Å². The molecule has 1 atom stereocenters. The lowest BCUT2D eigenvalue weighted by Crippen LogP contribution is -2.17. The molecule has 6 heteroatoms. The number of pyridine rings is 1. The van der Waals surface area contributed by atoms with Crippen molar-refractivity contribution < 1.29 is 23.0 Å². The Morgan fingerprint density at radius 3 is 2.40 bits per heavy atom. The third kappa shape index (κ3) is 4.24. The Morgan fingerprint density at radius 2 is 1.85 bits per heavy atom. The van der Waals surface area contributed by atoms with Gasteiger partial charge in [0.15, 0.2) is 0 Å². The van der Waals surface area contributed by atoms with Gasteiger partial charge in [0, 0.05) is 18.8 Å². The Hall–Kier alpha value is -2.08. The number of alkyl halides is 3.